The van der Waals surface area contributed by atoms with E-state index in [0.717, 1.165) is 11.7 Å². The molecule has 0 bridgehead atoms. The van der Waals surface area contributed by atoms with Crippen LogP contribution in [0.1, 0.15) is 43.0 Å². The second-order valence-corrected chi connectivity index (χ2v) is 5.62. The summed E-state index contributed by atoms with van der Waals surface area (Å²) in [6, 6.07) is 0. The van der Waals surface area contributed by atoms with Gasteiger partial charge in [0.05, 0.1) is 6.61 Å². The number of carbonyl (C=O) groups is 1. The molecule has 1 aliphatic carbocycles. The largest absolute Gasteiger partial charge is 0.462 e. The number of ether oxygens (including phenoxy) is 1. The molecule has 1 aliphatic rings. The van der Waals surface area contributed by atoms with Gasteiger partial charge in [0, 0.05) is 11.9 Å². The molecule has 6 heteroatoms. The van der Waals surface area contributed by atoms with Crippen molar-refractivity contribution in [2.24, 2.45) is 5.92 Å². The van der Waals surface area contributed by atoms with Crippen molar-refractivity contribution in [3.8, 4) is 0 Å². The smallest absolute Gasteiger partial charge is 0.343 e. The Bertz CT molecular complexity index is 448. The van der Waals surface area contributed by atoms with Crippen molar-refractivity contribution in [1.82, 2.24) is 9.97 Å². The van der Waals surface area contributed by atoms with Crippen molar-refractivity contribution < 1.29 is 9.53 Å². The first-order valence-electron chi connectivity index (χ1n) is 6.63. The number of carbonyl (C=O) groups excluding carboxylic acids is 1. The minimum atomic E-state index is -0.465. The SMILES string of the molecule is CCOC(=O)c1cnc(SCC2CCCC2)nc1N. The summed E-state index contributed by atoms with van der Waals surface area (Å²) in [5.41, 5.74) is 6.01. The van der Waals surface area contributed by atoms with E-state index in [1.165, 1.54) is 31.9 Å². The highest BCUT2D eigenvalue weighted by Crippen LogP contribution is 2.30. The van der Waals surface area contributed by atoms with Crippen LogP contribution in [0.4, 0.5) is 5.82 Å². The molecule has 1 heterocycles. The number of rotatable bonds is 5. The molecule has 0 atom stereocenters. The molecule has 104 valence electrons. The van der Waals surface area contributed by atoms with E-state index in [9.17, 15) is 4.79 Å². The molecule has 0 aliphatic heterocycles. The van der Waals surface area contributed by atoms with Gasteiger partial charge < -0.3 is 10.5 Å². The van der Waals surface area contributed by atoms with Gasteiger partial charge in [0.2, 0.25) is 0 Å². The molecule has 0 amide bonds. The van der Waals surface area contributed by atoms with Crippen LogP contribution in [-0.4, -0.2) is 28.3 Å². The Labute approximate surface area is 117 Å². The van der Waals surface area contributed by atoms with Crippen LogP contribution in [0.5, 0.6) is 0 Å². The third-order valence-corrected chi connectivity index (χ3v) is 4.31. The molecule has 5 nitrogen and oxygen atoms in total. The highest BCUT2D eigenvalue weighted by molar-refractivity contribution is 7.99. The molecule has 0 spiro atoms. The van der Waals surface area contributed by atoms with Gasteiger partial charge in [-0.05, 0) is 25.7 Å². The Morgan fingerprint density at radius 1 is 1.53 bits per heavy atom. The maximum Gasteiger partial charge on any atom is 0.343 e. The Balaban J connectivity index is 1.95. The average Bonchev–Trinajstić information content (AvgIpc) is 2.89. The summed E-state index contributed by atoms with van der Waals surface area (Å²) in [5, 5.41) is 0.637. The summed E-state index contributed by atoms with van der Waals surface area (Å²) in [4.78, 5) is 19.9. The van der Waals surface area contributed by atoms with Crippen LogP contribution in [0.15, 0.2) is 11.4 Å². The number of hydrogen-bond donors (Lipinski definition) is 1. The highest BCUT2D eigenvalue weighted by Gasteiger charge is 2.17. The highest BCUT2D eigenvalue weighted by atomic mass is 32.2. The molecule has 0 aromatic carbocycles. The number of nitrogen functional groups attached to an aromatic ring is 1. The van der Waals surface area contributed by atoms with Crippen molar-refractivity contribution in [1.29, 1.82) is 0 Å². The van der Waals surface area contributed by atoms with Gasteiger partial charge in [0.1, 0.15) is 11.4 Å². The van der Waals surface area contributed by atoms with E-state index in [0.29, 0.717) is 11.8 Å². The van der Waals surface area contributed by atoms with Gasteiger partial charge in [0.15, 0.2) is 5.16 Å². The van der Waals surface area contributed by atoms with E-state index in [1.54, 1.807) is 18.7 Å². The molecule has 1 fully saturated rings. The number of anilines is 1. The minimum Gasteiger partial charge on any atom is -0.462 e. The zero-order chi connectivity index (χ0) is 13.7. The maximum absolute atomic E-state index is 11.6. The summed E-state index contributed by atoms with van der Waals surface area (Å²) in [6.45, 7) is 2.07. The summed E-state index contributed by atoms with van der Waals surface area (Å²) in [7, 11) is 0. The quantitative estimate of drug-likeness (QED) is 0.507. The van der Waals surface area contributed by atoms with Crippen LogP contribution in [0.25, 0.3) is 0 Å². The standard InChI is InChI=1S/C13H19N3O2S/c1-2-18-12(17)10-7-15-13(16-11(10)14)19-8-9-5-3-4-6-9/h7,9H,2-6,8H2,1H3,(H2,14,15,16). The molecular formula is C13H19N3O2S. The first-order valence-corrected chi connectivity index (χ1v) is 7.61. The lowest BCUT2D eigenvalue weighted by Crippen LogP contribution is -2.11. The Kier molecular flexibility index (Phi) is 5.01. The lowest BCUT2D eigenvalue weighted by Gasteiger charge is -2.08. The molecule has 1 saturated carbocycles. The Morgan fingerprint density at radius 2 is 2.26 bits per heavy atom. The number of esters is 1. The van der Waals surface area contributed by atoms with Gasteiger partial charge in [0.25, 0.3) is 0 Å². The van der Waals surface area contributed by atoms with Crippen LogP contribution < -0.4 is 5.73 Å². The van der Waals surface area contributed by atoms with Gasteiger partial charge >= 0.3 is 5.97 Å². The fourth-order valence-electron chi connectivity index (χ4n) is 2.18. The number of thioether (sulfide) groups is 1. The number of nitrogens with zero attached hydrogens (tertiary/aromatic N) is 2. The van der Waals surface area contributed by atoms with Gasteiger partial charge in [-0.1, -0.05) is 24.6 Å². The second kappa shape index (κ2) is 6.75. The van der Waals surface area contributed by atoms with E-state index in [2.05, 4.69) is 9.97 Å². The van der Waals surface area contributed by atoms with Crippen LogP contribution in [0.3, 0.4) is 0 Å². The number of aromatic nitrogens is 2. The summed E-state index contributed by atoms with van der Waals surface area (Å²) < 4.78 is 4.88. The second-order valence-electron chi connectivity index (χ2n) is 4.63. The van der Waals surface area contributed by atoms with Crippen LogP contribution >= 0.6 is 11.8 Å². The third-order valence-electron chi connectivity index (χ3n) is 3.21. The van der Waals surface area contributed by atoms with Crippen molar-refractivity contribution in [3.63, 3.8) is 0 Å². The molecule has 19 heavy (non-hydrogen) atoms. The van der Waals surface area contributed by atoms with E-state index < -0.39 is 5.97 Å². The topological polar surface area (TPSA) is 78.1 Å². The van der Waals surface area contributed by atoms with Crippen molar-refractivity contribution in [2.75, 3.05) is 18.1 Å². The molecule has 0 unspecified atom stereocenters. The molecule has 0 radical (unpaired) electrons. The van der Waals surface area contributed by atoms with Gasteiger partial charge in [-0.25, -0.2) is 14.8 Å². The first kappa shape index (κ1) is 14.1. The first-order chi connectivity index (χ1) is 9.20. The number of hydrogen-bond acceptors (Lipinski definition) is 6. The summed E-state index contributed by atoms with van der Waals surface area (Å²) in [6.07, 6.45) is 6.70. The predicted octanol–water partition coefficient (Wildman–Crippen LogP) is 2.52. The zero-order valence-electron chi connectivity index (χ0n) is 11.1. The van der Waals surface area contributed by atoms with Gasteiger partial charge in [-0.2, -0.15) is 0 Å². The summed E-state index contributed by atoms with van der Waals surface area (Å²) in [5.74, 6) is 1.52. The fraction of sp³-hybridized carbons (Fsp3) is 0.615. The lowest BCUT2D eigenvalue weighted by atomic mass is 10.1. The normalized spacial score (nSPS) is 15.6. The van der Waals surface area contributed by atoms with Crippen molar-refractivity contribution >= 4 is 23.5 Å². The monoisotopic (exact) mass is 281 g/mol. The van der Waals surface area contributed by atoms with Crippen LogP contribution in [-0.2, 0) is 4.74 Å². The van der Waals surface area contributed by atoms with Crippen LogP contribution in [0.2, 0.25) is 0 Å². The van der Waals surface area contributed by atoms with E-state index in [-0.39, 0.29) is 11.4 Å². The van der Waals surface area contributed by atoms with Gasteiger partial charge in [-0.15, -0.1) is 0 Å². The zero-order valence-corrected chi connectivity index (χ0v) is 11.9. The third kappa shape index (κ3) is 3.83. The molecule has 2 N–H and O–H groups in total. The number of nitrogens with two attached hydrogens (primary N) is 1. The Hall–Kier alpha value is -1.30. The average molecular weight is 281 g/mol. The molecular weight excluding hydrogens is 262 g/mol. The van der Waals surface area contributed by atoms with E-state index in [1.807, 2.05) is 0 Å². The van der Waals surface area contributed by atoms with Gasteiger partial charge in [-0.3, -0.25) is 0 Å². The Morgan fingerprint density at radius 3 is 2.89 bits per heavy atom. The lowest BCUT2D eigenvalue weighted by molar-refractivity contribution is 0.0526. The van der Waals surface area contributed by atoms with Crippen LogP contribution in [0, 0.1) is 5.92 Å². The van der Waals surface area contributed by atoms with Crippen molar-refractivity contribution in [3.05, 3.63) is 11.8 Å². The maximum atomic E-state index is 11.6. The molecule has 0 saturated heterocycles. The molecule has 1 aromatic heterocycles. The van der Waals surface area contributed by atoms with E-state index in [4.69, 9.17) is 10.5 Å². The summed E-state index contributed by atoms with van der Waals surface area (Å²) >= 11 is 1.61. The molecule has 2 rings (SSSR count). The molecule has 1 aromatic rings. The predicted molar refractivity (Wildman–Crippen MR) is 75.1 cm³/mol. The van der Waals surface area contributed by atoms with E-state index >= 15 is 0 Å². The minimum absolute atomic E-state index is 0.197. The fourth-order valence-corrected chi connectivity index (χ4v) is 3.19. The van der Waals surface area contributed by atoms with Crippen molar-refractivity contribution in [2.45, 2.75) is 37.8 Å².